The minimum Gasteiger partial charge on any atom is -0.462 e. The van der Waals surface area contributed by atoms with Crippen LogP contribution in [0.2, 0.25) is 0 Å². The van der Waals surface area contributed by atoms with Gasteiger partial charge in [-0.25, -0.2) is 4.57 Å². The number of aliphatic hydroxyl groups excluding tert-OH is 1. The standard InChI is InChI=1S/C43H77O9P/c1-3-5-7-9-11-12-13-14-15-16-17-18-19-20-24-29-33-37-43(46)52-41(39-51-53(47,48)49)38-50-42(45)36-32-28-25-21-23-27-31-35-40(44)34-30-26-22-10-8-6-4-2/h21-22,25-27,30-31,34,40-41,44H,3-20,23-24,28-29,32-33,35-39H2,1-2H3,(H2,47,48,49)/b25-21+,26-22-,31-27-,34-30-/t40-,41-/m1/s1. The summed E-state index contributed by atoms with van der Waals surface area (Å²) in [4.78, 5) is 42.8. The summed E-state index contributed by atoms with van der Waals surface area (Å²) in [5, 5.41) is 10.0. The molecule has 0 amide bonds. The number of allylic oxidation sites excluding steroid dienone is 6. The summed E-state index contributed by atoms with van der Waals surface area (Å²) in [6.07, 6.45) is 42.9. The molecule has 0 radical (unpaired) electrons. The van der Waals surface area contributed by atoms with Crippen molar-refractivity contribution in [3.63, 3.8) is 0 Å². The monoisotopic (exact) mass is 769 g/mol. The smallest absolute Gasteiger partial charge is 0.462 e. The van der Waals surface area contributed by atoms with Crippen LogP contribution in [0.25, 0.3) is 0 Å². The van der Waals surface area contributed by atoms with E-state index < -0.39 is 38.6 Å². The SMILES string of the molecule is CCCCC/C=C\C=C/[C@@H](O)C/C=C\C/C=C/CCCC(=O)OC[C@H](COP(=O)(O)O)OC(=O)CCCCCCCCCCCCCCCCCCC. The molecular weight excluding hydrogens is 691 g/mol. The van der Waals surface area contributed by atoms with Crippen molar-refractivity contribution in [2.45, 2.75) is 199 Å². The van der Waals surface area contributed by atoms with E-state index in [1.807, 2.05) is 36.5 Å². The molecule has 0 rings (SSSR count). The van der Waals surface area contributed by atoms with Crippen molar-refractivity contribution in [1.29, 1.82) is 0 Å². The summed E-state index contributed by atoms with van der Waals surface area (Å²) >= 11 is 0. The molecule has 308 valence electrons. The van der Waals surface area contributed by atoms with Crippen LogP contribution in [0.5, 0.6) is 0 Å². The fourth-order valence-electron chi connectivity index (χ4n) is 5.74. The number of carbonyl (C=O) groups is 2. The van der Waals surface area contributed by atoms with Crippen LogP contribution < -0.4 is 0 Å². The van der Waals surface area contributed by atoms with E-state index in [9.17, 15) is 19.3 Å². The molecule has 0 aliphatic rings. The number of hydrogen-bond acceptors (Lipinski definition) is 7. The van der Waals surface area contributed by atoms with Crippen LogP contribution in [0, 0.1) is 0 Å². The van der Waals surface area contributed by atoms with Gasteiger partial charge in [0.25, 0.3) is 0 Å². The number of hydrogen-bond donors (Lipinski definition) is 3. The zero-order valence-electron chi connectivity index (χ0n) is 33.5. The Morgan fingerprint density at radius 1 is 0.585 bits per heavy atom. The van der Waals surface area contributed by atoms with Crippen LogP contribution >= 0.6 is 7.82 Å². The second-order valence-electron chi connectivity index (χ2n) is 14.2. The average Bonchev–Trinajstić information content (AvgIpc) is 3.12. The van der Waals surface area contributed by atoms with E-state index in [4.69, 9.17) is 19.3 Å². The fourth-order valence-corrected chi connectivity index (χ4v) is 6.10. The highest BCUT2D eigenvalue weighted by Crippen LogP contribution is 2.36. The van der Waals surface area contributed by atoms with Gasteiger partial charge in [-0.3, -0.25) is 14.1 Å². The molecule has 10 heteroatoms. The van der Waals surface area contributed by atoms with Gasteiger partial charge in [0.1, 0.15) is 6.61 Å². The van der Waals surface area contributed by atoms with E-state index in [0.717, 1.165) is 32.1 Å². The Kier molecular flexibility index (Phi) is 36.8. The maximum Gasteiger partial charge on any atom is 0.469 e. The Labute approximate surface area is 323 Å². The molecule has 0 aromatic rings. The van der Waals surface area contributed by atoms with Crippen molar-refractivity contribution in [1.82, 2.24) is 0 Å². The van der Waals surface area contributed by atoms with Crippen LogP contribution in [0.1, 0.15) is 187 Å². The molecular formula is C43H77O9P. The van der Waals surface area contributed by atoms with Crippen LogP contribution in [0.3, 0.4) is 0 Å². The Bertz CT molecular complexity index is 1020. The Balaban J connectivity index is 4.05. The first-order chi connectivity index (χ1) is 25.7. The summed E-state index contributed by atoms with van der Waals surface area (Å²) in [5.74, 6) is -0.988. The molecule has 0 saturated carbocycles. The molecule has 3 N–H and O–H groups in total. The number of phosphoric ester groups is 1. The molecule has 9 nitrogen and oxygen atoms in total. The van der Waals surface area contributed by atoms with Gasteiger partial charge in [0.05, 0.1) is 12.7 Å². The molecule has 0 bridgehead atoms. The number of carbonyl (C=O) groups excluding carboxylic acids is 2. The summed E-state index contributed by atoms with van der Waals surface area (Å²) in [6, 6.07) is 0. The molecule has 0 unspecified atom stereocenters. The number of ether oxygens (including phenoxy) is 2. The summed E-state index contributed by atoms with van der Waals surface area (Å²) in [7, 11) is -4.78. The number of rotatable bonds is 38. The van der Waals surface area contributed by atoms with Crippen molar-refractivity contribution in [3.05, 3.63) is 48.6 Å². The molecule has 0 heterocycles. The second-order valence-corrected chi connectivity index (χ2v) is 15.4. The largest absolute Gasteiger partial charge is 0.469 e. The lowest BCUT2D eigenvalue weighted by Crippen LogP contribution is -2.29. The predicted octanol–water partition coefficient (Wildman–Crippen LogP) is 11.7. The maximum atomic E-state index is 12.4. The minimum absolute atomic E-state index is 0.158. The normalized spacial score (nSPS) is 13.5. The third kappa shape index (κ3) is 41.0. The van der Waals surface area contributed by atoms with Gasteiger partial charge in [-0.05, 0) is 44.9 Å². The van der Waals surface area contributed by atoms with Crippen molar-refractivity contribution >= 4 is 19.8 Å². The molecule has 53 heavy (non-hydrogen) atoms. The number of esters is 2. The quantitative estimate of drug-likeness (QED) is 0.0184. The molecule has 0 aromatic carbocycles. The molecule has 0 saturated heterocycles. The van der Waals surface area contributed by atoms with Gasteiger partial charge in [-0.2, -0.15) is 0 Å². The molecule has 0 fully saturated rings. The van der Waals surface area contributed by atoms with Gasteiger partial charge in [0.2, 0.25) is 0 Å². The third-order valence-corrected chi connectivity index (χ3v) is 9.42. The fraction of sp³-hybridized carbons (Fsp3) is 0.767. The first kappa shape index (κ1) is 51.0. The summed E-state index contributed by atoms with van der Waals surface area (Å²) < 4.78 is 26.3. The van der Waals surface area contributed by atoms with Crippen LogP contribution in [0.4, 0.5) is 0 Å². The topological polar surface area (TPSA) is 140 Å². The Morgan fingerprint density at radius 2 is 1.09 bits per heavy atom. The average molecular weight is 769 g/mol. The Morgan fingerprint density at radius 3 is 1.68 bits per heavy atom. The van der Waals surface area contributed by atoms with Crippen LogP contribution in [-0.2, 0) is 28.2 Å². The van der Waals surface area contributed by atoms with Crippen molar-refractivity contribution in [3.8, 4) is 0 Å². The van der Waals surface area contributed by atoms with E-state index in [0.29, 0.717) is 25.7 Å². The van der Waals surface area contributed by atoms with Gasteiger partial charge in [-0.15, -0.1) is 0 Å². The lowest BCUT2D eigenvalue weighted by atomic mass is 10.0. The molecule has 2 atom stereocenters. The summed E-state index contributed by atoms with van der Waals surface area (Å²) in [5.41, 5.74) is 0. The van der Waals surface area contributed by atoms with Gasteiger partial charge in [-0.1, -0.05) is 178 Å². The number of phosphoric acid groups is 1. The van der Waals surface area contributed by atoms with Gasteiger partial charge in [0, 0.05) is 12.8 Å². The Hall–Kier alpha value is -2.03. The van der Waals surface area contributed by atoms with Gasteiger partial charge in [0.15, 0.2) is 6.10 Å². The van der Waals surface area contributed by atoms with E-state index in [1.165, 1.54) is 103 Å². The van der Waals surface area contributed by atoms with Gasteiger partial charge >= 0.3 is 19.8 Å². The van der Waals surface area contributed by atoms with E-state index in [1.54, 1.807) is 6.08 Å². The van der Waals surface area contributed by atoms with Crippen LogP contribution in [0.15, 0.2) is 48.6 Å². The number of unbranched alkanes of at least 4 members (excludes halogenated alkanes) is 20. The maximum absolute atomic E-state index is 12.4. The molecule has 0 aromatic heterocycles. The second kappa shape index (κ2) is 38.3. The van der Waals surface area contributed by atoms with Crippen molar-refractivity contribution in [2.75, 3.05) is 13.2 Å². The van der Waals surface area contributed by atoms with Gasteiger partial charge < -0.3 is 24.4 Å². The first-order valence-corrected chi connectivity index (χ1v) is 22.6. The molecule has 0 aliphatic carbocycles. The summed E-state index contributed by atoms with van der Waals surface area (Å²) in [6.45, 7) is 3.54. The highest BCUT2D eigenvalue weighted by Gasteiger charge is 2.22. The highest BCUT2D eigenvalue weighted by molar-refractivity contribution is 7.46. The zero-order valence-corrected chi connectivity index (χ0v) is 34.4. The first-order valence-electron chi connectivity index (χ1n) is 21.0. The van der Waals surface area contributed by atoms with Crippen molar-refractivity contribution in [2.24, 2.45) is 0 Å². The van der Waals surface area contributed by atoms with Crippen molar-refractivity contribution < 1.29 is 43.0 Å². The minimum atomic E-state index is -4.78. The third-order valence-electron chi connectivity index (χ3n) is 8.93. The zero-order chi connectivity index (χ0) is 39.1. The lowest BCUT2D eigenvalue weighted by Gasteiger charge is -2.18. The molecule has 0 aliphatic heterocycles. The van der Waals surface area contributed by atoms with Crippen LogP contribution in [-0.4, -0.2) is 52.3 Å². The molecule has 0 spiro atoms. The predicted molar refractivity (Wildman–Crippen MR) is 217 cm³/mol. The lowest BCUT2D eigenvalue weighted by molar-refractivity contribution is -0.161. The number of aliphatic hydroxyl groups is 1. The van der Waals surface area contributed by atoms with E-state index in [2.05, 4.69) is 24.4 Å². The van der Waals surface area contributed by atoms with E-state index in [-0.39, 0.29) is 19.4 Å². The van der Waals surface area contributed by atoms with E-state index >= 15 is 0 Å². The highest BCUT2D eigenvalue weighted by atomic mass is 31.2.